The molecule has 0 aliphatic heterocycles. The molecule has 108 valence electrons. The van der Waals surface area contributed by atoms with E-state index < -0.39 is 10.0 Å². The van der Waals surface area contributed by atoms with Gasteiger partial charge in [0.1, 0.15) is 10.5 Å². The van der Waals surface area contributed by atoms with Crippen LogP contribution in [-0.2, 0) is 10.0 Å². The molecule has 1 fully saturated rings. The van der Waals surface area contributed by atoms with E-state index >= 15 is 0 Å². The maximum Gasteiger partial charge on any atom is 0.273 e. The first kappa shape index (κ1) is 12.8. The minimum absolute atomic E-state index is 0.124. The summed E-state index contributed by atoms with van der Waals surface area (Å²) in [5.74, 6) is 0.124. The number of thiophene rings is 1. The Bertz CT molecular complexity index is 876. The number of fused-ring (bicyclic) bond motifs is 1. The lowest BCUT2D eigenvalue weighted by atomic mass is 10.3. The lowest BCUT2D eigenvalue weighted by Gasteiger charge is -2.00. The molecule has 0 spiro atoms. The van der Waals surface area contributed by atoms with Crippen LogP contribution in [0.4, 0.5) is 5.95 Å². The second kappa shape index (κ2) is 4.54. The van der Waals surface area contributed by atoms with Gasteiger partial charge < -0.3 is 0 Å². The van der Waals surface area contributed by atoms with Gasteiger partial charge in [0, 0.05) is 4.70 Å². The van der Waals surface area contributed by atoms with Crippen LogP contribution in [0, 0.1) is 0 Å². The van der Waals surface area contributed by atoms with E-state index in [2.05, 4.69) is 14.8 Å². The number of nitrogens with zero attached hydrogens (tertiary/aromatic N) is 3. The molecule has 0 unspecified atom stereocenters. The number of anilines is 1. The van der Waals surface area contributed by atoms with Crippen molar-refractivity contribution < 1.29 is 8.42 Å². The number of aromatic nitrogens is 3. The molecule has 1 aliphatic carbocycles. The van der Waals surface area contributed by atoms with E-state index in [4.69, 9.17) is 0 Å². The molecule has 6 nitrogen and oxygen atoms in total. The van der Waals surface area contributed by atoms with Crippen molar-refractivity contribution in [3.63, 3.8) is 0 Å². The average molecular weight is 320 g/mol. The Kier molecular flexibility index (Phi) is 2.76. The van der Waals surface area contributed by atoms with Gasteiger partial charge in [-0.05, 0) is 30.4 Å². The van der Waals surface area contributed by atoms with Crippen LogP contribution in [0.15, 0.2) is 40.9 Å². The molecule has 1 aromatic carbocycles. The Hall–Kier alpha value is -1.93. The lowest BCUT2D eigenvalue weighted by Crippen LogP contribution is -2.13. The fourth-order valence-electron chi connectivity index (χ4n) is 2.10. The van der Waals surface area contributed by atoms with E-state index in [0.29, 0.717) is 6.04 Å². The fraction of sp³-hybridized carbons (Fsp3) is 0.231. The Balaban J connectivity index is 1.65. The molecule has 21 heavy (non-hydrogen) atoms. The van der Waals surface area contributed by atoms with Gasteiger partial charge in [-0.25, -0.2) is 17.8 Å². The summed E-state index contributed by atoms with van der Waals surface area (Å²) in [6.45, 7) is 0. The molecule has 0 bridgehead atoms. The Morgan fingerprint density at radius 3 is 2.86 bits per heavy atom. The zero-order valence-electron chi connectivity index (χ0n) is 10.9. The minimum atomic E-state index is -3.64. The smallest absolute Gasteiger partial charge is 0.248 e. The normalized spacial score (nSPS) is 15.4. The van der Waals surface area contributed by atoms with Gasteiger partial charge in [-0.15, -0.1) is 16.4 Å². The van der Waals surface area contributed by atoms with Gasteiger partial charge in [0.05, 0.1) is 6.04 Å². The van der Waals surface area contributed by atoms with Crippen molar-refractivity contribution >= 4 is 37.4 Å². The van der Waals surface area contributed by atoms with Crippen molar-refractivity contribution in [3.05, 3.63) is 36.7 Å². The molecule has 2 heterocycles. The monoisotopic (exact) mass is 320 g/mol. The van der Waals surface area contributed by atoms with E-state index in [9.17, 15) is 8.42 Å². The average Bonchev–Trinajstić information content (AvgIpc) is 3.04. The number of hydrogen-bond acceptors (Lipinski definition) is 5. The van der Waals surface area contributed by atoms with Crippen molar-refractivity contribution in [1.82, 2.24) is 14.8 Å². The molecule has 0 amide bonds. The number of nitrogens with one attached hydrogen (secondary N) is 1. The molecule has 4 rings (SSSR count). The summed E-state index contributed by atoms with van der Waals surface area (Å²) in [6.07, 6.45) is 3.72. The third kappa shape index (κ3) is 2.40. The SMILES string of the molecule is O=S(=O)(Nc1ncn(C2CC2)n1)c1cc2ccccc2s1. The zero-order chi connectivity index (χ0) is 14.4. The second-order valence-corrected chi connectivity index (χ2v) is 7.98. The van der Waals surface area contributed by atoms with Gasteiger partial charge in [-0.3, -0.25) is 0 Å². The first-order valence-corrected chi connectivity index (χ1v) is 8.84. The van der Waals surface area contributed by atoms with E-state index in [1.54, 1.807) is 17.1 Å². The summed E-state index contributed by atoms with van der Waals surface area (Å²) < 4.78 is 30.1. The summed E-state index contributed by atoms with van der Waals surface area (Å²) in [5.41, 5.74) is 0. The summed E-state index contributed by atoms with van der Waals surface area (Å²) in [5, 5.41) is 5.07. The molecule has 1 aliphatic rings. The van der Waals surface area contributed by atoms with Gasteiger partial charge in [-0.1, -0.05) is 18.2 Å². The number of sulfonamides is 1. The topological polar surface area (TPSA) is 76.9 Å². The van der Waals surface area contributed by atoms with Crippen molar-refractivity contribution in [1.29, 1.82) is 0 Å². The molecule has 1 N–H and O–H groups in total. The number of benzene rings is 1. The quantitative estimate of drug-likeness (QED) is 0.801. The highest BCUT2D eigenvalue weighted by molar-refractivity contribution is 7.94. The van der Waals surface area contributed by atoms with E-state index in [1.165, 1.54) is 11.3 Å². The summed E-state index contributed by atoms with van der Waals surface area (Å²) in [4.78, 5) is 4.01. The van der Waals surface area contributed by atoms with Crippen LogP contribution in [0.2, 0.25) is 0 Å². The first-order chi connectivity index (χ1) is 10.1. The van der Waals surface area contributed by atoms with Crippen LogP contribution in [0.3, 0.4) is 0 Å². The maximum atomic E-state index is 12.4. The Morgan fingerprint density at radius 2 is 2.10 bits per heavy atom. The second-order valence-electron chi connectivity index (χ2n) is 4.99. The van der Waals surface area contributed by atoms with Crippen LogP contribution in [-0.4, -0.2) is 23.2 Å². The van der Waals surface area contributed by atoms with Gasteiger partial charge in [-0.2, -0.15) is 4.98 Å². The van der Waals surface area contributed by atoms with E-state index in [-0.39, 0.29) is 10.2 Å². The van der Waals surface area contributed by atoms with Gasteiger partial charge in [0.15, 0.2) is 0 Å². The maximum absolute atomic E-state index is 12.4. The van der Waals surface area contributed by atoms with E-state index in [1.807, 2.05) is 24.3 Å². The highest BCUT2D eigenvalue weighted by Gasteiger charge is 2.26. The largest absolute Gasteiger partial charge is 0.273 e. The predicted octanol–water partition coefficient (Wildman–Crippen LogP) is 2.63. The van der Waals surface area contributed by atoms with Crippen LogP contribution in [0.5, 0.6) is 0 Å². The number of hydrogen-bond donors (Lipinski definition) is 1. The fourth-order valence-corrected chi connectivity index (χ4v) is 4.44. The summed E-state index contributed by atoms with van der Waals surface area (Å²) in [6, 6.07) is 9.61. The first-order valence-electron chi connectivity index (χ1n) is 6.54. The Morgan fingerprint density at radius 1 is 1.29 bits per heavy atom. The van der Waals surface area contributed by atoms with Crippen LogP contribution < -0.4 is 4.72 Å². The molecule has 2 aromatic heterocycles. The van der Waals surface area contributed by atoms with Gasteiger partial charge in [0.25, 0.3) is 16.0 Å². The summed E-state index contributed by atoms with van der Waals surface area (Å²) >= 11 is 1.24. The van der Waals surface area contributed by atoms with Crippen LogP contribution >= 0.6 is 11.3 Å². The molecule has 0 radical (unpaired) electrons. The van der Waals surface area contributed by atoms with Crippen LogP contribution in [0.1, 0.15) is 18.9 Å². The van der Waals surface area contributed by atoms with Gasteiger partial charge >= 0.3 is 0 Å². The molecule has 8 heteroatoms. The van der Waals surface area contributed by atoms with Crippen molar-refractivity contribution in [3.8, 4) is 0 Å². The third-order valence-electron chi connectivity index (χ3n) is 3.32. The molecular weight excluding hydrogens is 308 g/mol. The molecular formula is C13H12N4O2S2. The highest BCUT2D eigenvalue weighted by atomic mass is 32.2. The zero-order valence-corrected chi connectivity index (χ0v) is 12.6. The van der Waals surface area contributed by atoms with Crippen molar-refractivity contribution in [2.45, 2.75) is 23.1 Å². The van der Waals surface area contributed by atoms with Crippen molar-refractivity contribution in [2.24, 2.45) is 0 Å². The van der Waals surface area contributed by atoms with Gasteiger partial charge in [0.2, 0.25) is 0 Å². The van der Waals surface area contributed by atoms with Crippen molar-refractivity contribution in [2.75, 3.05) is 4.72 Å². The highest BCUT2D eigenvalue weighted by Crippen LogP contribution is 2.34. The molecule has 3 aromatic rings. The Labute approximate surface area is 125 Å². The minimum Gasteiger partial charge on any atom is -0.248 e. The number of rotatable bonds is 4. The molecule has 0 saturated heterocycles. The summed E-state index contributed by atoms with van der Waals surface area (Å²) in [7, 11) is -3.64. The molecule has 1 saturated carbocycles. The lowest BCUT2D eigenvalue weighted by molar-refractivity contribution is 0.602. The predicted molar refractivity (Wildman–Crippen MR) is 80.9 cm³/mol. The van der Waals surface area contributed by atoms with Crippen LogP contribution in [0.25, 0.3) is 10.1 Å². The van der Waals surface area contributed by atoms with E-state index in [0.717, 1.165) is 22.9 Å². The third-order valence-corrected chi connectivity index (χ3v) is 6.24. The molecule has 0 atom stereocenters. The standard InChI is InChI=1S/C13H12N4O2S2/c18-21(19,12-7-9-3-1-2-4-11(9)20-12)16-13-14-8-17(15-13)10-5-6-10/h1-4,7-8,10H,5-6H2,(H,15,16).